The number of methoxy groups -OCH3 is 1. The van der Waals surface area contributed by atoms with Crippen LogP contribution in [0.4, 0.5) is 0 Å². The van der Waals surface area contributed by atoms with Gasteiger partial charge < -0.3 is 19.5 Å². The van der Waals surface area contributed by atoms with E-state index in [1.54, 1.807) is 18.2 Å². The number of benzene rings is 2. The maximum atomic E-state index is 12.8. The zero-order chi connectivity index (χ0) is 21.0. The summed E-state index contributed by atoms with van der Waals surface area (Å²) in [7, 11) is -2.42. The molecule has 0 radical (unpaired) electrons. The Morgan fingerprint density at radius 2 is 1.83 bits per heavy atom. The lowest BCUT2D eigenvalue weighted by molar-refractivity contribution is 0.0940. The molecule has 1 amide bonds. The maximum absolute atomic E-state index is 12.8. The summed E-state index contributed by atoms with van der Waals surface area (Å²) in [4.78, 5) is 12.4. The second-order valence-corrected chi connectivity index (χ2v) is 8.56. The summed E-state index contributed by atoms with van der Waals surface area (Å²) in [5.74, 6) is 1.12. The summed E-state index contributed by atoms with van der Waals surface area (Å²) in [5, 5.41) is 2.74. The number of sulfonamides is 1. The second-order valence-electron chi connectivity index (χ2n) is 6.79. The van der Waals surface area contributed by atoms with Crippen molar-refractivity contribution >= 4 is 15.9 Å². The Kier molecular flexibility index (Phi) is 6.29. The Bertz CT molecular complexity index is 1000. The zero-order valence-electron chi connectivity index (χ0n) is 16.5. The van der Waals surface area contributed by atoms with Crippen molar-refractivity contribution < 1.29 is 27.4 Å². The van der Waals surface area contributed by atoms with Gasteiger partial charge in [0.15, 0.2) is 11.5 Å². The second kappa shape index (κ2) is 8.71. The first kappa shape index (κ1) is 20.9. The molecule has 0 aromatic heterocycles. The van der Waals surface area contributed by atoms with Gasteiger partial charge in [0.1, 0.15) is 19.0 Å². The lowest BCUT2D eigenvalue weighted by Gasteiger charge is -2.19. The minimum Gasteiger partial charge on any atom is -0.496 e. The third-order valence-electron chi connectivity index (χ3n) is 4.22. The van der Waals surface area contributed by atoms with Gasteiger partial charge in [0.05, 0.1) is 17.6 Å². The quantitative estimate of drug-likeness (QED) is 0.711. The number of hydrogen-bond acceptors (Lipinski definition) is 6. The van der Waals surface area contributed by atoms with Crippen LogP contribution >= 0.6 is 0 Å². The van der Waals surface area contributed by atoms with Crippen LogP contribution in [0.3, 0.4) is 0 Å². The van der Waals surface area contributed by atoms with Crippen LogP contribution in [0.15, 0.2) is 41.3 Å². The van der Waals surface area contributed by atoms with Crippen molar-refractivity contribution in [2.24, 2.45) is 0 Å². The van der Waals surface area contributed by atoms with E-state index in [2.05, 4.69) is 10.0 Å². The van der Waals surface area contributed by atoms with Crippen molar-refractivity contribution in [3.63, 3.8) is 0 Å². The SMILES string of the molecule is COc1ccc(S(=O)(=O)NCc2ccc3c(c2)OCCO3)cc1C(=O)NC(C)C. The molecule has 0 fully saturated rings. The fourth-order valence-electron chi connectivity index (χ4n) is 2.83. The zero-order valence-corrected chi connectivity index (χ0v) is 17.3. The van der Waals surface area contributed by atoms with Crippen LogP contribution < -0.4 is 24.2 Å². The lowest BCUT2D eigenvalue weighted by atomic mass is 10.2. The number of fused-ring (bicyclic) bond motifs is 1. The molecule has 9 heteroatoms. The van der Waals surface area contributed by atoms with E-state index in [4.69, 9.17) is 14.2 Å². The molecular weight excluding hydrogens is 396 g/mol. The van der Waals surface area contributed by atoms with E-state index in [1.807, 2.05) is 13.8 Å². The van der Waals surface area contributed by atoms with Crippen molar-refractivity contribution in [3.05, 3.63) is 47.5 Å². The minimum absolute atomic E-state index is 0.0234. The van der Waals surface area contributed by atoms with Crippen LogP contribution in [-0.4, -0.2) is 40.7 Å². The van der Waals surface area contributed by atoms with E-state index in [0.717, 1.165) is 5.56 Å². The number of hydrogen-bond donors (Lipinski definition) is 2. The highest BCUT2D eigenvalue weighted by Gasteiger charge is 2.20. The van der Waals surface area contributed by atoms with Gasteiger partial charge in [-0.3, -0.25) is 4.79 Å². The van der Waals surface area contributed by atoms with Crippen LogP contribution in [0, 0.1) is 0 Å². The topological polar surface area (TPSA) is 103 Å². The largest absolute Gasteiger partial charge is 0.496 e. The first-order valence-corrected chi connectivity index (χ1v) is 10.7. The summed E-state index contributed by atoms with van der Waals surface area (Å²) in [5.41, 5.74) is 0.882. The van der Waals surface area contributed by atoms with Crippen LogP contribution in [0.5, 0.6) is 17.2 Å². The Labute approximate surface area is 170 Å². The smallest absolute Gasteiger partial charge is 0.255 e. The van der Waals surface area contributed by atoms with Crippen LogP contribution in [-0.2, 0) is 16.6 Å². The summed E-state index contributed by atoms with van der Waals surface area (Å²) in [6, 6.07) is 9.34. The van der Waals surface area contributed by atoms with Crippen molar-refractivity contribution in [3.8, 4) is 17.2 Å². The van der Waals surface area contributed by atoms with Crippen LogP contribution in [0.25, 0.3) is 0 Å². The third kappa shape index (κ3) is 4.99. The number of rotatable bonds is 7. The molecule has 0 spiro atoms. The van der Waals surface area contributed by atoms with Gasteiger partial charge in [-0.1, -0.05) is 6.07 Å². The van der Waals surface area contributed by atoms with Crippen molar-refractivity contribution in [1.29, 1.82) is 0 Å². The van der Waals surface area contributed by atoms with Crippen molar-refractivity contribution in [1.82, 2.24) is 10.0 Å². The molecule has 0 bridgehead atoms. The Hall–Kier alpha value is -2.78. The van der Waals surface area contributed by atoms with E-state index in [-0.39, 0.29) is 23.0 Å². The molecule has 0 saturated carbocycles. The molecule has 1 aliphatic heterocycles. The van der Waals surface area contributed by atoms with Crippen LogP contribution in [0.1, 0.15) is 29.8 Å². The molecule has 1 aliphatic rings. The molecule has 3 rings (SSSR count). The predicted molar refractivity (Wildman–Crippen MR) is 107 cm³/mol. The van der Waals surface area contributed by atoms with Gasteiger partial charge in [-0.15, -0.1) is 0 Å². The number of amides is 1. The normalized spacial score (nSPS) is 13.2. The fraction of sp³-hybridized carbons (Fsp3) is 0.350. The summed E-state index contributed by atoms with van der Waals surface area (Å²) < 4.78 is 44.2. The van der Waals surface area contributed by atoms with E-state index in [0.29, 0.717) is 30.5 Å². The number of carbonyl (C=O) groups is 1. The van der Waals surface area contributed by atoms with Crippen molar-refractivity contribution in [2.45, 2.75) is 31.3 Å². The molecule has 2 N–H and O–H groups in total. The molecule has 0 aliphatic carbocycles. The fourth-order valence-corrected chi connectivity index (χ4v) is 3.87. The summed E-state index contributed by atoms with van der Waals surface area (Å²) in [6.07, 6.45) is 0. The summed E-state index contributed by atoms with van der Waals surface area (Å²) in [6.45, 7) is 4.65. The Morgan fingerprint density at radius 1 is 1.10 bits per heavy atom. The first-order chi connectivity index (χ1) is 13.8. The van der Waals surface area contributed by atoms with Crippen molar-refractivity contribution in [2.75, 3.05) is 20.3 Å². The molecule has 2 aromatic rings. The van der Waals surface area contributed by atoms with Gasteiger partial charge in [-0.05, 0) is 49.7 Å². The van der Waals surface area contributed by atoms with Gasteiger partial charge in [-0.2, -0.15) is 0 Å². The molecule has 0 atom stereocenters. The van der Waals surface area contributed by atoms with E-state index in [9.17, 15) is 13.2 Å². The number of carbonyl (C=O) groups excluding carboxylic acids is 1. The van der Waals surface area contributed by atoms with Gasteiger partial charge in [-0.25, -0.2) is 13.1 Å². The first-order valence-electron chi connectivity index (χ1n) is 9.17. The molecule has 0 unspecified atom stereocenters. The molecule has 156 valence electrons. The average Bonchev–Trinajstić information content (AvgIpc) is 2.71. The molecular formula is C20H24N2O6S. The number of nitrogens with one attached hydrogen (secondary N) is 2. The van der Waals surface area contributed by atoms with Gasteiger partial charge >= 0.3 is 0 Å². The van der Waals surface area contributed by atoms with E-state index in [1.165, 1.54) is 25.3 Å². The highest BCUT2D eigenvalue weighted by molar-refractivity contribution is 7.89. The Morgan fingerprint density at radius 3 is 2.52 bits per heavy atom. The van der Waals surface area contributed by atoms with Crippen LogP contribution in [0.2, 0.25) is 0 Å². The monoisotopic (exact) mass is 420 g/mol. The van der Waals surface area contributed by atoms with Gasteiger partial charge in [0, 0.05) is 12.6 Å². The molecule has 2 aromatic carbocycles. The van der Waals surface area contributed by atoms with Gasteiger partial charge in [0.25, 0.3) is 5.91 Å². The predicted octanol–water partition coefficient (Wildman–Crippen LogP) is 2.08. The summed E-state index contributed by atoms with van der Waals surface area (Å²) >= 11 is 0. The highest BCUT2D eigenvalue weighted by atomic mass is 32.2. The van der Waals surface area contributed by atoms with Gasteiger partial charge in [0.2, 0.25) is 10.0 Å². The van der Waals surface area contributed by atoms with E-state index < -0.39 is 15.9 Å². The number of ether oxygens (including phenoxy) is 3. The molecule has 8 nitrogen and oxygen atoms in total. The van der Waals surface area contributed by atoms with E-state index >= 15 is 0 Å². The average molecular weight is 420 g/mol. The molecule has 29 heavy (non-hydrogen) atoms. The molecule has 1 heterocycles. The Balaban J connectivity index is 1.79. The highest BCUT2D eigenvalue weighted by Crippen LogP contribution is 2.31. The standard InChI is InChI=1S/C20H24N2O6S/c1-13(2)22-20(23)16-11-15(5-7-17(16)26-3)29(24,25)21-12-14-4-6-18-19(10-14)28-9-8-27-18/h4-7,10-11,13,21H,8-9,12H2,1-3H3,(H,22,23). The third-order valence-corrected chi connectivity index (χ3v) is 5.62. The minimum atomic E-state index is -3.85. The maximum Gasteiger partial charge on any atom is 0.255 e. The lowest BCUT2D eigenvalue weighted by Crippen LogP contribution is -2.31. The molecule has 0 saturated heterocycles.